The van der Waals surface area contributed by atoms with Gasteiger partial charge in [0.2, 0.25) is 0 Å². The van der Waals surface area contributed by atoms with E-state index in [0.29, 0.717) is 17.3 Å². The summed E-state index contributed by atoms with van der Waals surface area (Å²) in [6, 6.07) is 1.64. The summed E-state index contributed by atoms with van der Waals surface area (Å²) < 4.78 is 1.79. The Labute approximate surface area is 119 Å². The van der Waals surface area contributed by atoms with Crippen molar-refractivity contribution in [2.24, 2.45) is 5.92 Å². The lowest BCUT2D eigenvalue weighted by Gasteiger charge is -2.20. The average Bonchev–Trinajstić information content (AvgIpc) is 2.78. The molecule has 19 heavy (non-hydrogen) atoms. The molecule has 1 aromatic heterocycles. The lowest BCUT2D eigenvalue weighted by atomic mass is 9.96. The Morgan fingerprint density at radius 1 is 1.42 bits per heavy atom. The second-order valence-electron chi connectivity index (χ2n) is 4.68. The first kappa shape index (κ1) is 16.1. The molecule has 108 valence electrons. The lowest BCUT2D eigenvalue weighted by molar-refractivity contribution is 0.0810. The molecule has 1 heterocycles. The van der Waals surface area contributed by atoms with Crippen LogP contribution in [-0.4, -0.2) is 28.2 Å². The molecule has 2 N–H and O–H groups in total. The molecule has 1 rings (SSSR count). The van der Waals surface area contributed by atoms with Gasteiger partial charge in [-0.15, -0.1) is 0 Å². The van der Waals surface area contributed by atoms with E-state index < -0.39 is 6.10 Å². The molecule has 0 aliphatic rings. The van der Waals surface area contributed by atoms with Crippen molar-refractivity contribution in [1.82, 2.24) is 9.88 Å². The van der Waals surface area contributed by atoms with Crippen molar-refractivity contribution in [1.29, 1.82) is 0 Å². The number of aromatic nitrogens is 1. The number of rotatable bonds is 7. The number of aliphatic hydroxyl groups is 1. The van der Waals surface area contributed by atoms with E-state index in [2.05, 4.69) is 5.32 Å². The number of nitrogens with one attached hydrogen (secondary N) is 1. The predicted octanol–water partition coefficient (Wildman–Crippen LogP) is 2.69. The van der Waals surface area contributed by atoms with Crippen molar-refractivity contribution < 1.29 is 9.90 Å². The van der Waals surface area contributed by atoms with Gasteiger partial charge in [0, 0.05) is 19.3 Å². The maximum atomic E-state index is 12.0. The number of hydrogen-bond donors (Lipinski definition) is 2. The molecule has 1 aromatic rings. The summed E-state index contributed by atoms with van der Waals surface area (Å²) in [6.07, 6.45) is 3.04. The largest absolute Gasteiger partial charge is 0.391 e. The van der Waals surface area contributed by atoms with Crippen LogP contribution in [-0.2, 0) is 6.54 Å². The van der Waals surface area contributed by atoms with Gasteiger partial charge in [-0.25, -0.2) is 0 Å². The van der Waals surface area contributed by atoms with E-state index in [1.165, 1.54) is 0 Å². The zero-order chi connectivity index (χ0) is 14.4. The van der Waals surface area contributed by atoms with Gasteiger partial charge in [0.15, 0.2) is 0 Å². The first-order valence-corrected chi connectivity index (χ1v) is 7.23. The summed E-state index contributed by atoms with van der Waals surface area (Å²) >= 11 is 5.90. The number of carbonyl (C=O) groups is 1. The van der Waals surface area contributed by atoms with Gasteiger partial charge in [-0.1, -0.05) is 38.3 Å². The van der Waals surface area contributed by atoms with Crippen LogP contribution in [0.1, 0.15) is 44.1 Å². The summed E-state index contributed by atoms with van der Waals surface area (Å²) in [4.78, 5) is 12.0. The highest BCUT2D eigenvalue weighted by molar-refractivity contribution is 6.31. The molecule has 0 aromatic carbocycles. The highest BCUT2D eigenvalue weighted by Crippen LogP contribution is 2.15. The smallest absolute Gasteiger partial charge is 0.268 e. The monoisotopic (exact) mass is 286 g/mol. The Hall–Kier alpha value is -1.00. The number of amides is 1. The van der Waals surface area contributed by atoms with Crippen molar-refractivity contribution >= 4 is 17.5 Å². The van der Waals surface area contributed by atoms with Gasteiger partial charge in [-0.05, 0) is 18.9 Å². The highest BCUT2D eigenvalue weighted by Gasteiger charge is 2.18. The minimum Gasteiger partial charge on any atom is -0.391 e. The van der Waals surface area contributed by atoms with Crippen LogP contribution in [0.2, 0.25) is 5.02 Å². The summed E-state index contributed by atoms with van der Waals surface area (Å²) in [5, 5.41) is 13.3. The van der Waals surface area contributed by atoms with E-state index in [1.807, 2.05) is 20.8 Å². The van der Waals surface area contributed by atoms with Crippen LogP contribution < -0.4 is 5.32 Å². The van der Waals surface area contributed by atoms with E-state index in [-0.39, 0.29) is 18.4 Å². The standard InChI is InChI=1S/C14H23ClN2O2/c1-4-10(5-2)13(18)8-16-14(19)12-7-11(15)9-17(12)6-3/h7,9-10,13,18H,4-6,8H2,1-3H3,(H,16,19). The number of aryl methyl sites for hydroxylation is 1. The first-order chi connectivity index (χ1) is 9.03. The zero-order valence-electron chi connectivity index (χ0n) is 11.8. The van der Waals surface area contributed by atoms with E-state index in [0.717, 1.165) is 12.8 Å². The number of carbonyl (C=O) groups excluding carboxylic acids is 1. The number of halogens is 1. The number of aliphatic hydroxyl groups excluding tert-OH is 1. The molecular weight excluding hydrogens is 264 g/mol. The van der Waals surface area contributed by atoms with Gasteiger partial charge < -0.3 is 15.0 Å². The maximum Gasteiger partial charge on any atom is 0.268 e. The summed E-state index contributed by atoms with van der Waals surface area (Å²) in [5.74, 6) is 0.0283. The molecule has 1 unspecified atom stereocenters. The van der Waals surface area contributed by atoms with Crippen molar-refractivity contribution in [2.75, 3.05) is 6.54 Å². The second kappa shape index (κ2) is 7.56. The van der Waals surface area contributed by atoms with Crippen LogP contribution >= 0.6 is 11.6 Å². The van der Waals surface area contributed by atoms with Crippen LogP contribution in [0.15, 0.2) is 12.3 Å². The van der Waals surface area contributed by atoms with Crippen LogP contribution in [0.4, 0.5) is 0 Å². The Kier molecular flexibility index (Phi) is 6.38. The Balaban J connectivity index is 2.60. The molecule has 5 heteroatoms. The zero-order valence-corrected chi connectivity index (χ0v) is 12.6. The molecule has 4 nitrogen and oxygen atoms in total. The van der Waals surface area contributed by atoms with Crippen molar-refractivity contribution in [3.05, 3.63) is 23.0 Å². The molecule has 0 fully saturated rings. The molecule has 0 radical (unpaired) electrons. The normalized spacial score (nSPS) is 12.7. The Morgan fingerprint density at radius 3 is 2.58 bits per heavy atom. The lowest BCUT2D eigenvalue weighted by Crippen LogP contribution is -2.36. The summed E-state index contributed by atoms with van der Waals surface area (Å²) in [7, 11) is 0. The third-order valence-corrected chi connectivity index (χ3v) is 3.71. The molecule has 1 atom stereocenters. The molecule has 0 saturated carbocycles. The molecule has 0 spiro atoms. The Morgan fingerprint density at radius 2 is 2.05 bits per heavy atom. The third kappa shape index (κ3) is 4.25. The second-order valence-corrected chi connectivity index (χ2v) is 5.12. The van der Waals surface area contributed by atoms with Crippen molar-refractivity contribution in [2.45, 2.75) is 46.3 Å². The highest BCUT2D eigenvalue weighted by atomic mass is 35.5. The summed E-state index contributed by atoms with van der Waals surface area (Å²) in [5.41, 5.74) is 0.532. The van der Waals surface area contributed by atoms with E-state index in [9.17, 15) is 9.90 Å². The van der Waals surface area contributed by atoms with Gasteiger partial charge in [0.1, 0.15) is 5.69 Å². The quantitative estimate of drug-likeness (QED) is 0.810. The third-order valence-electron chi connectivity index (χ3n) is 3.50. The average molecular weight is 287 g/mol. The SMILES string of the molecule is CCC(CC)C(O)CNC(=O)c1cc(Cl)cn1CC. The molecule has 0 bridgehead atoms. The minimum atomic E-state index is -0.500. The molecule has 0 aliphatic heterocycles. The van der Waals surface area contributed by atoms with E-state index >= 15 is 0 Å². The van der Waals surface area contributed by atoms with Gasteiger partial charge >= 0.3 is 0 Å². The van der Waals surface area contributed by atoms with Crippen LogP contribution in [0, 0.1) is 5.92 Å². The van der Waals surface area contributed by atoms with Gasteiger partial charge in [0.05, 0.1) is 11.1 Å². The fraction of sp³-hybridized carbons (Fsp3) is 0.643. The van der Waals surface area contributed by atoms with E-state index in [1.54, 1.807) is 16.8 Å². The van der Waals surface area contributed by atoms with Gasteiger partial charge in [0.25, 0.3) is 5.91 Å². The van der Waals surface area contributed by atoms with Gasteiger partial charge in [-0.3, -0.25) is 4.79 Å². The molecular formula is C14H23ClN2O2. The number of nitrogens with zero attached hydrogens (tertiary/aromatic N) is 1. The van der Waals surface area contributed by atoms with Crippen molar-refractivity contribution in [3.63, 3.8) is 0 Å². The summed E-state index contributed by atoms with van der Waals surface area (Å²) in [6.45, 7) is 7.00. The van der Waals surface area contributed by atoms with Gasteiger partial charge in [-0.2, -0.15) is 0 Å². The predicted molar refractivity (Wildman–Crippen MR) is 77.5 cm³/mol. The maximum absolute atomic E-state index is 12.0. The van der Waals surface area contributed by atoms with Crippen LogP contribution in [0.3, 0.4) is 0 Å². The van der Waals surface area contributed by atoms with Crippen LogP contribution in [0.25, 0.3) is 0 Å². The number of hydrogen-bond acceptors (Lipinski definition) is 2. The fourth-order valence-electron chi connectivity index (χ4n) is 2.21. The fourth-order valence-corrected chi connectivity index (χ4v) is 2.44. The molecule has 1 amide bonds. The molecule has 0 aliphatic carbocycles. The first-order valence-electron chi connectivity index (χ1n) is 6.85. The van der Waals surface area contributed by atoms with Crippen molar-refractivity contribution in [3.8, 4) is 0 Å². The Bertz CT molecular complexity index is 414. The van der Waals surface area contributed by atoms with Crippen LogP contribution in [0.5, 0.6) is 0 Å². The molecule has 0 saturated heterocycles. The topological polar surface area (TPSA) is 54.3 Å². The minimum absolute atomic E-state index is 0.196. The van der Waals surface area contributed by atoms with E-state index in [4.69, 9.17) is 11.6 Å².